The monoisotopic (exact) mass is 335 g/mol. The van der Waals surface area contributed by atoms with Gasteiger partial charge >= 0.3 is 5.97 Å². The molecule has 6 heteroatoms. The maximum Gasteiger partial charge on any atom is 0.341 e. The normalized spacial score (nSPS) is 30.1. The largest absolute Gasteiger partial charge is 0.482 e. The lowest BCUT2D eigenvalue weighted by molar-refractivity contribution is -0.139. The lowest BCUT2D eigenvalue weighted by atomic mass is 9.79. The second-order valence-electron chi connectivity index (χ2n) is 6.76. The van der Waals surface area contributed by atoms with Crippen LogP contribution in [0.5, 0.6) is 5.75 Å². The number of fused-ring (bicyclic) bond motifs is 1. The zero-order valence-corrected chi connectivity index (χ0v) is 14.0. The van der Waals surface area contributed by atoms with Gasteiger partial charge in [-0.1, -0.05) is 12.1 Å². The van der Waals surface area contributed by atoms with Crippen LogP contribution in [0.25, 0.3) is 0 Å². The molecule has 1 aromatic carbocycles. The number of aliphatic carboxylic acids is 1. The van der Waals surface area contributed by atoms with E-state index in [1.165, 1.54) is 0 Å². The third kappa shape index (κ3) is 3.55. The topological polar surface area (TPSA) is 79.2 Å². The highest BCUT2D eigenvalue weighted by Crippen LogP contribution is 2.42. The minimum absolute atomic E-state index is 0.121. The van der Waals surface area contributed by atoms with Crippen LogP contribution in [-0.2, 0) is 16.1 Å². The van der Waals surface area contributed by atoms with E-state index in [1.807, 2.05) is 12.1 Å². The summed E-state index contributed by atoms with van der Waals surface area (Å²) < 4.78 is 11.0. The molecule has 1 saturated carbocycles. The Hall–Kier alpha value is -1.63. The first-order chi connectivity index (χ1) is 11.5. The number of carbonyl (C=O) groups is 1. The number of hydrogen-bond donors (Lipinski definition) is 2. The second kappa shape index (κ2) is 7.09. The Balaban J connectivity index is 1.64. The van der Waals surface area contributed by atoms with Gasteiger partial charge in [-0.05, 0) is 43.4 Å². The van der Waals surface area contributed by atoms with Crippen molar-refractivity contribution in [2.75, 3.05) is 20.3 Å². The summed E-state index contributed by atoms with van der Waals surface area (Å²) >= 11 is 0. The average Bonchev–Trinajstić information content (AvgIpc) is 2.93. The molecule has 1 saturated heterocycles. The van der Waals surface area contributed by atoms with E-state index >= 15 is 0 Å². The van der Waals surface area contributed by atoms with Crippen molar-refractivity contribution in [1.29, 1.82) is 0 Å². The third-order valence-corrected chi connectivity index (χ3v) is 5.34. The van der Waals surface area contributed by atoms with Crippen LogP contribution in [0.3, 0.4) is 0 Å². The number of carboxylic acids is 1. The fourth-order valence-electron chi connectivity index (χ4n) is 4.03. The van der Waals surface area contributed by atoms with Crippen LogP contribution < -0.4 is 4.74 Å². The molecule has 2 N–H and O–H groups in total. The molecule has 0 aromatic heterocycles. The van der Waals surface area contributed by atoms with Crippen molar-refractivity contribution in [3.05, 3.63) is 29.8 Å². The Kier molecular flexibility index (Phi) is 5.08. The van der Waals surface area contributed by atoms with E-state index in [-0.39, 0.29) is 24.4 Å². The summed E-state index contributed by atoms with van der Waals surface area (Å²) in [5.74, 6) is -0.426. The number of benzene rings is 1. The van der Waals surface area contributed by atoms with Crippen LogP contribution in [-0.4, -0.2) is 59.1 Å². The van der Waals surface area contributed by atoms with Gasteiger partial charge in [-0.3, -0.25) is 4.90 Å². The standard InChI is InChI=1S/C18H25NO5/c1-23-18-7-6-14(20)10-16(18)19(9-8-18)11-13-2-4-15(5-3-13)24-12-17(21)22/h2-5,14,16,20H,6-12H2,1H3,(H,21,22)/t14-,16-,18+/m0/s1. The Morgan fingerprint density at radius 3 is 2.75 bits per heavy atom. The number of methoxy groups -OCH3 is 1. The van der Waals surface area contributed by atoms with Gasteiger partial charge in [0.25, 0.3) is 0 Å². The number of nitrogens with zero attached hydrogens (tertiary/aromatic N) is 1. The number of carboxylic acid groups (broad SMARTS) is 1. The van der Waals surface area contributed by atoms with Crippen LogP contribution in [0, 0.1) is 0 Å². The highest BCUT2D eigenvalue weighted by atomic mass is 16.5. The molecule has 0 bridgehead atoms. The van der Waals surface area contributed by atoms with Crippen LogP contribution in [0.2, 0.25) is 0 Å². The van der Waals surface area contributed by atoms with E-state index < -0.39 is 5.97 Å². The molecule has 24 heavy (non-hydrogen) atoms. The molecule has 2 fully saturated rings. The van der Waals surface area contributed by atoms with Gasteiger partial charge in [-0.2, -0.15) is 0 Å². The van der Waals surface area contributed by atoms with Crippen molar-refractivity contribution in [1.82, 2.24) is 4.90 Å². The smallest absolute Gasteiger partial charge is 0.341 e. The lowest BCUT2D eigenvalue weighted by Crippen LogP contribution is -2.51. The number of ether oxygens (including phenoxy) is 2. The molecule has 3 atom stereocenters. The number of aliphatic hydroxyl groups is 1. The zero-order valence-electron chi connectivity index (χ0n) is 14.0. The van der Waals surface area contributed by atoms with Gasteiger partial charge in [-0.25, -0.2) is 4.79 Å². The second-order valence-corrected chi connectivity index (χ2v) is 6.76. The van der Waals surface area contributed by atoms with Gasteiger partial charge < -0.3 is 19.7 Å². The third-order valence-electron chi connectivity index (χ3n) is 5.34. The maximum atomic E-state index is 10.5. The summed E-state index contributed by atoms with van der Waals surface area (Å²) in [6.07, 6.45) is 3.24. The molecule has 132 valence electrons. The van der Waals surface area contributed by atoms with E-state index in [9.17, 15) is 9.90 Å². The van der Waals surface area contributed by atoms with E-state index in [4.69, 9.17) is 14.6 Å². The van der Waals surface area contributed by atoms with E-state index in [0.717, 1.165) is 44.3 Å². The van der Waals surface area contributed by atoms with Gasteiger partial charge in [0.15, 0.2) is 6.61 Å². The van der Waals surface area contributed by atoms with Crippen LogP contribution >= 0.6 is 0 Å². The number of aliphatic hydroxyl groups excluding tert-OH is 1. The molecular weight excluding hydrogens is 310 g/mol. The summed E-state index contributed by atoms with van der Waals surface area (Å²) in [6, 6.07) is 7.77. The molecule has 0 amide bonds. The van der Waals surface area contributed by atoms with Crippen molar-refractivity contribution < 1.29 is 24.5 Å². The highest BCUT2D eigenvalue weighted by molar-refractivity contribution is 5.68. The number of likely N-dealkylation sites (tertiary alicyclic amines) is 1. The predicted octanol–water partition coefficient (Wildman–Crippen LogP) is 1.65. The van der Waals surface area contributed by atoms with E-state index in [1.54, 1.807) is 19.2 Å². The van der Waals surface area contributed by atoms with Crippen molar-refractivity contribution in [2.45, 2.75) is 50.0 Å². The lowest BCUT2D eigenvalue weighted by Gasteiger charge is -2.42. The Morgan fingerprint density at radius 2 is 2.08 bits per heavy atom. The maximum absolute atomic E-state index is 10.5. The minimum Gasteiger partial charge on any atom is -0.482 e. The van der Waals surface area contributed by atoms with Crippen LogP contribution in [0.1, 0.15) is 31.2 Å². The minimum atomic E-state index is -0.983. The fourth-order valence-corrected chi connectivity index (χ4v) is 4.03. The first-order valence-electron chi connectivity index (χ1n) is 8.43. The molecule has 0 unspecified atom stereocenters. The molecule has 1 aliphatic heterocycles. The summed E-state index contributed by atoms with van der Waals surface area (Å²) in [5.41, 5.74) is 1.02. The number of rotatable bonds is 6. The van der Waals surface area contributed by atoms with Crippen molar-refractivity contribution in [2.24, 2.45) is 0 Å². The molecule has 1 aromatic rings. The molecule has 2 aliphatic rings. The predicted molar refractivity (Wildman–Crippen MR) is 88.0 cm³/mol. The van der Waals surface area contributed by atoms with E-state index in [0.29, 0.717) is 5.75 Å². The Labute approximate surface area is 142 Å². The van der Waals surface area contributed by atoms with Crippen molar-refractivity contribution >= 4 is 5.97 Å². The molecule has 1 aliphatic carbocycles. The Bertz CT molecular complexity index is 575. The van der Waals surface area contributed by atoms with Crippen molar-refractivity contribution in [3.8, 4) is 5.75 Å². The zero-order chi connectivity index (χ0) is 17.2. The first kappa shape index (κ1) is 17.2. The quantitative estimate of drug-likeness (QED) is 0.823. The van der Waals surface area contributed by atoms with Crippen LogP contribution in [0.15, 0.2) is 24.3 Å². The first-order valence-corrected chi connectivity index (χ1v) is 8.43. The van der Waals surface area contributed by atoms with E-state index in [2.05, 4.69) is 4.90 Å². The summed E-state index contributed by atoms with van der Waals surface area (Å²) in [7, 11) is 1.78. The van der Waals surface area contributed by atoms with Crippen LogP contribution in [0.4, 0.5) is 0 Å². The van der Waals surface area contributed by atoms with Gasteiger partial charge in [0, 0.05) is 26.2 Å². The molecule has 3 rings (SSSR count). The Morgan fingerprint density at radius 1 is 1.33 bits per heavy atom. The molecule has 0 spiro atoms. The molecule has 6 nitrogen and oxygen atoms in total. The van der Waals surface area contributed by atoms with Gasteiger partial charge in [0.1, 0.15) is 5.75 Å². The molecule has 1 heterocycles. The highest BCUT2D eigenvalue weighted by Gasteiger charge is 2.50. The van der Waals surface area contributed by atoms with Gasteiger partial charge in [0.2, 0.25) is 0 Å². The summed E-state index contributed by atoms with van der Waals surface area (Å²) in [5, 5.41) is 18.7. The molecular formula is C18H25NO5. The summed E-state index contributed by atoms with van der Waals surface area (Å²) in [4.78, 5) is 12.9. The SMILES string of the molecule is CO[C@@]12CC[C@H](O)C[C@@H]1N(Cc1ccc(OCC(=O)O)cc1)CC2. The number of hydrogen-bond acceptors (Lipinski definition) is 5. The fraction of sp³-hybridized carbons (Fsp3) is 0.611. The van der Waals surface area contributed by atoms with Gasteiger partial charge in [0.05, 0.1) is 11.7 Å². The average molecular weight is 335 g/mol. The van der Waals surface area contributed by atoms with Gasteiger partial charge in [-0.15, -0.1) is 0 Å². The molecule has 0 radical (unpaired) electrons. The van der Waals surface area contributed by atoms with Crippen molar-refractivity contribution in [3.63, 3.8) is 0 Å². The summed E-state index contributed by atoms with van der Waals surface area (Å²) in [6.45, 7) is 1.42.